The topological polar surface area (TPSA) is 34.6 Å². The summed E-state index contributed by atoms with van der Waals surface area (Å²) in [6.07, 6.45) is 7.69. The van der Waals surface area contributed by atoms with Crippen LogP contribution in [0, 0.1) is 0 Å². The fraction of sp³-hybridized carbons (Fsp3) is 0. The quantitative estimate of drug-likeness (QED) is 0.365. The smallest absolute Gasteiger partial charge is 0.0783 e. The normalized spacial score (nSPS) is 12.6. The van der Waals surface area contributed by atoms with Gasteiger partial charge in [-0.2, -0.15) is 0 Å². The second-order valence-corrected chi connectivity index (χ2v) is 6.80. The monoisotopic (exact) mass is 332 g/mol. The summed E-state index contributed by atoms with van der Waals surface area (Å²) in [5, 5.41) is 4.87. The van der Waals surface area contributed by atoms with Crippen molar-refractivity contribution in [1.29, 1.82) is 0 Å². The summed E-state index contributed by atoms with van der Waals surface area (Å²) in [5.41, 5.74) is 7.30. The fourth-order valence-corrected chi connectivity index (χ4v) is 4.65. The van der Waals surface area contributed by atoms with Crippen LogP contribution in [0.1, 0.15) is 0 Å². The van der Waals surface area contributed by atoms with Gasteiger partial charge in [-0.05, 0) is 24.3 Å². The first kappa shape index (κ1) is 12.7. The minimum atomic E-state index is 1.19. The van der Waals surface area contributed by atoms with Crippen LogP contribution in [0.5, 0.6) is 0 Å². The number of hydrogen-bond donors (Lipinski definition) is 0. The molecule has 0 amide bonds. The Morgan fingerprint density at radius 3 is 1.50 bits per heavy atom. The number of hydrogen-bond acceptors (Lipinski definition) is 2. The van der Waals surface area contributed by atoms with E-state index in [0.29, 0.717) is 0 Å². The van der Waals surface area contributed by atoms with Crippen LogP contribution < -0.4 is 0 Å². The molecule has 0 atom stereocenters. The van der Waals surface area contributed by atoms with E-state index in [1.165, 1.54) is 54.6 Å². The van der Waals surface area contributed by atoms with E-state index in [2.05, 4.69) is 67.3 Å². The van der Waals surface area contributed by atoms with Gasteiger partial charge in [-0.1, -0.05) is 24.3 Å². The first-order chi connectivity index (χ1) is 12.9. The van der Waals surface area contributed by atoms with E-state index in [0.717, 1.165) is 0 Å². The largest absolute Gasteiger partial charge is 0.305 e. The van der Waals surface area contributed by atoms with Gasteiger partial charge in [0.1, 0.15) is 0 Å². The van der Waals surface area contributed by atoms with Crippen molar-refractivity contribution in [3.63, 3.8) is 0 Å². The van der Waals surface area contributed by atoms with Crippen molar-refractivity contribution in [2.24, 2.45) is 0 Å². The van der Waals surface area contributed by atoms with E-state index in [9.17, 15) is 0 Å². The standard InChI is InChI=1S/C22H12N4/c1-3-13-15-11-23-9-7-17(15)26-20-6-2-4-14-16-12-24-10-8-18(16)25(22(14)20)19(5-1)21(13)26/h1-12H. The molecule has 0 bridgehead atoms. The van der Waals surface area contributed by atoms with Crippen LogP contribution in [-0.2, 0) is 0 Å². The average molecular weight is 332 g/mol. The molecule has 0 aliphatic rings. The Kier molecular flexibility index (Phi) is 2.00. The number of nitrogens with zero attached hydrogens (tertiary/aromatic N) is 4. The first-order valence-electron chi connectivity index (χ1n) is 8.68. The minimum absolute atomic E-state index is 1.19. The summed E-state index contributed by atoms with van der Waals surface area (Å²) in [4.78, 5) is 8.74. The van der Waals surface area contributed by atoms with Gasteiger partial charge in [-0.15, -0.1) is 0 Å². The SMILES string of the molecule is c1cc2c3cnccc3n3c4cccc5c6cnccc6n(c(c1)c23)c54. The third kappa shape index (κ3) is 1.24. The maximum absolute atomic E-state index is 4.37. The van der Waals surface area contributed by atoms with E-state index in [1.54, 1.807) is 0 Å². The van der Waals surface area contributed by atoms with Crippen molar-refractivity contribution in [1.82, 2.24) is 18.8 Å². The van der Waals surface area contributed by atoms with Gasteiger partial charge in [-0.3, -0.25) is 9.97 Å². The molecule has 0 aliphatic heterocycles. The molecule has 5 aromatic heterocycles. The molecule has 7 aromatic rings. The first-order valence-corrected chi connectivity index (χ1v) is 8.68. The molecule has 120 valence electrons. The minimum Gasteiger partial charge on any atom is -0.305 e. The maximum Gasteiger partial charge on any atom is 0.0783 e. The number of aromatic nitrogens is 4. The highest BCUT2D eigenvalue weighted by Crippen LogP contribution is 2.39. The summed E-state index contributed by atoms with van der Waals surface area (Å²) in [5.74, 6) is 0. The lowest BCUT2D eigenvalue weighted by Gasteiger charge is -2.11. The van der Waals surface area contributed by atoms with Crippen molar-refractivity contribution < 1.29 is 0 Å². The molecule has 0 saturated heterocycles. The molecule has 0 aliphatic carbocycles. The third-order valence-electron chi connectivity index (χ3n) is 5.62. The van der Waals surface area contributed by atoms with E-state index < -0.39 is 0 Å². The van der Waals surface area contributed by atoms with Gasteiger partial charge in [0, 0.05) is 46.3 Å². The fourth-order valence-electron chi connectivity index (χ4n) is 4.65. The number of pyridine rings is 2. The molecule has 0 N–H and O–H groups in total. The van der Waals surface area contributed by atoms with Gasteiger partial charge in [-0.25, -0.2) is 0 Å². The molecule has 0 unspecified atom stereocenters. The molecule has 0 saturated carbocycles. The molecular weight excluding hydrogens is 320 g/mol. The Labute approximate surface area is 147 Å². The van der Waals surface area contributed by atoms with Gasteiger partial charge < -0.3 is 8.80 Å². The highest BCUT2D eigenvalue weighted by molar-refractivity contribution is 6.21. The third-order valence-corrected chi connectivity index (χ3v) is 5.62. The second kappa shape index (κ2) is 4.11. The predicted octanol–water partition coefficient (Wildman–Crippen LogP) is 5.03. The van der Waals surface area contributed by atoms with Crippen LogP contribution in [-0.4, -0.2) is 18.8 Å². The molecular formula is C22H12N4. The predicted molar refractivity (Wildman–Crippen MR) is 105 cm³/mol. The molecule has 0 radical (unpaired) electrons. The summed E-state index contributed by atoms with van der Waals surface area (Å²) in [7, 11) is 0. The van der Waals surface area contributed by atoms with Crippen LogP contribution >= 0.6 is 0 Å². The van der Waals surface area contributed by atoms with E-state index >= 15 is 0 Å². The molecule has 2 aromatic carbocycles. The lowest BCUT2D eigenvalue weighted by molar-refractivity contribution is 1.25. The van der Waals surface area contributed by atoms with E-state index in [-0.39, 0.29) is 0 Å². The van der Waals surface area contributed by atoms with Crippen molar-refractivity contribution in [2.75, 3.05) is 0 Å². The molecule has 0 fully saturated rings. The number of para-hydroxylation sites is 2. The highest BCUT2D eigenvalue weighted by atomic mass is 15.0. The zero-order chi connectivity index (χ0) is 16.8. The Morgan fingerprint density at radius 2 is 1.00 bits per heavy atom. The van der Waals surface area contributed by atoms with Gasteiger partial charge in [0.15, 0.2) is 0 Å². The van der Waals surface area contributed by atoms with E-state index in [1.807, 2.05) is 24.8 Å². The van der Waals surface area contributed by atoms with E-state index in [4.69, 9.17) is 0 Å². The number of benzene rings is 2. The summed E-state index contributed by atoms with van der Waals surface area (Å²) in [6, 6.07) is 17.3. The molecule has 26 heavy (non-hydrogen) atoms. The maximum atomic E-state index is 4.37. The molecule has 4 nitrogen and oxygen atoms in total. The average Bonchev–Trinajstić information content (AvgIpc) is 3.22. The van der Waals surface area contributed by atoms with Gasteiger partial charge in [0.2, 0.25) is 0 Å². The molecule has 0 spiro atoms. The zero-order valence-electron chi connectivity index (χ0n) is 13.7. The van der Waals surface area contributed by atoms with Crippen LogP contribution in [0.15, 0.2) is 73.3 Å². The van der Waals surface area contributed by atoms with Crippen LogP contribution in [0.25, 0.3) is 54.6 Å². The Bertz CT molecular complexity index is 1510. The Morgan fingerprint density at radius 1 is 0.500 bits per heavy atom. The number of fused-ring (bicyclic) bond motifs is 8. The molecule has 7 rings (SSSR count). The van der Waals surface area contributed by atoms with Crippen molar-refractivity contribution in [3.8, 4) is 0 Å². The Hall–Kier alpha value is -3.66. The summed E-state index contributed by atoms with van der Waals surface area (Å²) < 4.78 is 4.77. The second-order valence-electron chi connectivity index (χ2n) is 6.80. The highest BCUT2D eigenvalue weighted by Gasteiger charge is 2.19. The lowest BCUT2D eigenvalue weighted by Crippen LogP contribution is -1.96. The van der Waals surface area contributed by atoms with Gasteiger partial charge in [0.05, 0.1) is 33.1 Å². The summed E-state index contributed by atoms with van der Waals surface area (Å²) >= 11 is 0. The van der Waals surface area contributed by atoms with Crippen molar-refractivity contribution >= 4 is 54.6 Å². The van der Waals surface area contributed by atoms with Crippen molar-refractivity contribution in [2.45, 2.75) is 0 Å². The zero-order valence-corrected chi connectivity index (χ0v) is 13.7. The van der Waals surface area contributed by atoms with Crippen LogP contribution in [0.2, 0.25) is 0 Å². The van der Waals surface area contributed by atoms with Crippen LogP contribution in [0.3, 0.4) is 0 Å². The van der Waals surface area contributed by atoms with Crippen molar-refractivity contribution in [3.05, 3.63) is 73.3 Å². The van der Waals surface area contributed by atoms with Gasteiger partial charge >= 0.3 is 0 Å². The molecule has 5 heterocycles. The molecule has 4 heteroatoms. The summed E-state index contributed by atoms with van der Waals surface area (Å²) in [6.45, 7) is 0. The van der Waals surface area contributed by atoms with Crippen LogP contribution in [0.4, 0.5) is 0 Å². The number of rotatable bonds is 0. The van der Waals surface area contributed by atoms with Gasteiger partial charge in [0.25, 0.3) is 0 Å². The lowest BCUT2D eigenvalue weighted by atomic mass is 10.1. The Balaban J connectivity index is 2.02.